The van der Waals surface area contributed by atoms with Crippen molar-refractivity contribution in [2.24, 2.45) is 0 Å². The first kappa shape index (κ1) is 29.8. The molecule has 42 heavy (non-hydrogen) atoms. The average Bonchev–Trinajstić information content (AvgIpc) is 3.78. The highest BCUT2D eigenvalue weighted by Gasteiger charge is 2.30. The van der Waals surface area contributed by atoms with Gasteiger partial charge in [-0.25, -0.2) is 4.79 Å². The van der Waals surface area contributed by atoms with Crippen molar-refractivity contribution in [3.63, 3.8) is 0 Å². The fourth-order valence-electron chi connectivity index (χ4n) is 4.60. The monoisotopic (exact) mass is 625 g/mol. The highest BCUT2D eigenvalue weighted by Crippen LogP contribution is 2.40. The molecule has 2 amide bonds. The van der Waals surface area contributed by atoms with Gasteiger partial charge in [-0.05, 0) is 81.3 Å². The summed E-state index contributed by atoms with van der Waals surface area (Å²) in [5, 5.41) is 16.9. The first-order valence-electron chi connectivity index (χ1n) is 13.7. The van der Waals surface area contributed by atoms with Crippen LogP contribution < -0.4 is 15.4 Å². The summed E-state index contributed by atoms with van der Waals surface area (Å²) < 4.78 is 12.7. The number of aromatic nitrogens is 3. The molecule has 220 valence electrons. The third kappa shape index (κ3) is 6.53. The van der Waals surface area contributed by atoms with Gasteiger partial charge in [0.05, 0.1) is 35.4 Å². The number of carbonyl (C=O) groups is 3. The van der Waals surface area contributed by atoms with E-state index >= 15 is 0 Å². The Morgan fingerprint density at radius 2 is 1.90 bits per heavy atom. The Kier molecular flexibility index (Phi) is 9.60. The number of hydrogen-bond acceptors (Lipinski definition) is 10. The molecule has 0 radical (unpaired) electrons. The molecule has 0 saturated carbocycles. The normalized spacial score (nSPS) is 12.9. The highest BCUT2D eigenvalue weighted by molar-refractivity contribution is 8.00. The second kappa shape index (κ2) is 13.5. The quantitative estimate of drug-likeness (QED) is 0.156. The summed E-state index contributed by atoms with van der Waals surface area (Å²) in [6.45, 7) is 6.42. The molecule has 0 aliphatic heterocycles. The topological polar surface area (TPSA) is 124 Å². The molecule has 0 bridgehead atoms. The number of thiophene rings is 2. The van der Waals surface area contributed by atoms with Crippen molar-refractivity contribution >= 4 is 57.2 Å². The number of nitrogens with zero attached hydrogens (tertiary/aromatic N) is 3. The van der Waals surface area contributed by atoms with Crippen LogP contribution in [0, 0.1) is 0 Å². The number of rotatable bonds is 12. The molecule has 0 saturated heterocycles. The SMILES string of the molecule is CCOC(=O)c1c(NC(=O)C(C)Sc2nnc(CNC(=O)c3cccs3)n2-c2ccc(OCC)cc2)sc2c1CCC2. The Morgan fingerprint density at radius 1 is 1.10 bits per heavy atom. The number of esters is 1. The molecular weight excluding hydrogens is 595 g/mol. The lowest BCUT2D eigenvalue weighted by Gasteiger charge is -2.15. The number of benzene rings is 1. The molecule has 1 aliphatic rings. The fourth-order valence-corrected chi connectivity index (χ4v) is 7.41. The van der Waals surface area contributed by atoms with E-state index in [-0.39, 0.29) is 25.0 Å². The Balaban J connectivity index is 1.37. The van der Waals surface area contributed by atoms with E-state index in [9.17, 15) is 14.4 Å². The summed E-state index contributed by atoms with van der Waals surface area (Å²) in [7, 11) is 0. The van der Waals surface area contributed by atoms with Crippen LogP contribution in [-0.4, -0.2) is 51.0 Å². The molecule has 1 aliphatic carbocycles. The Morgan fingerprint density at radius 3 is 2.62 bits per heavy atom. The molecule has 5 rings (SSSR count). The maximum Gasteiger partial charge on any atom is 0.341 e. The van der Waals surface area contributed by atoms with Crippen LogP contribution in [0.5, 0.6) is 5.75 Å². The van der Waals surface area contributed by atoms with Gasteiger partial charge in [-0.2, -0.15) is 0 Å². The molecule has 2 N–H and O–H groups in total. The second-order valence-electron chi connectivity index (χ2n) is 9.35. The van der Waals surface area contributed by atoms with Crippen LogP contribution in [-0.2, 0) is 28.9 Å². The van der Waals surface area contributed by atoms with E-state index in [1.807, 2.05) is 47.2 Å². The van der Waals surface area contributed by atoms with Gasteiger partial charge < -0.3 is 20.1 Å². The van der Waals surface area contributed by atoms with Gasteiger partial charge in [0.25, 0.3) is 5.91 Å². The van der Waals surface area contributed by atoms with Crippen LogP contribution >= 0.6 is 34.4 Å². The third-order valence-electron chi connectivity index (χ3n) is 6.55. The van der Waals surface area contributed by atoms with Gasteiger partial charge in [-0.3, -0.25) is 14.2 Å². The van der Waals surface area contributed by atoms with Crippen LogP contribution in [0.25, 0.3) is 5.69 Å². The maximum absolute atomic E-state index is 13.4. The minimum absolute atomic E-state index is 0.141. The Bertz CT molecular complexity index is 1560. The predicted molar refractivity (Wildman–Crippen MR) is 164 cm³/mol. The standard InChI is InChI=1S/C29H31N5O5S3/c1-4-38-19-13-11-18(12-14-19)34-23(16-30-26(36)22-10-7-15-40-22)32-33-29(34)41-17(3)25(35)31-27-24(28(37)39-5-2)20-8-6-9-21(20)42-27/h7,10-15,17H,4-6,8-9,16H2,1-3H3,(H,30,36)(H,31,35). The number of nitrogens with one attached hydrogen (secondary N) is 2. The Hall–Kier alpha value is -3.68. The van der Waals surface area contributed by atoms with E-state index in [4.69, 9.17) is 9.47 Å². The zero-order chi connectivity index (χ0) is 29.6. The number of amides is 2. The second-order valence-corrected chi connectivity index (χ2v) is 12.7. The summed E-state index contributed by atoms with van der Waals surface area (Å²) in [4.78, 5) is 40.5. The summed E-state index contributed by atoms with van der Waals surface area (Å²) in [6, 6.07) is 11.0. The molecule has 0 spiro atoms. The number of carbonyl (C=O) groups excluding carboxylic acids is 3. The van der Waals surface area contributed by atoms with Gasteiger partial charge >= 0.3 is 5.97 Å². The lowest BCUT2D eigenvalue weighted by molar-refractivity contribution is -0.115. The predicted octanol–water partition coefficient (Wildman–Crippen LogP) is 5.50. The van der Waals surface area contributed by atoms with Crippen LogP contribution in [0.15, 0.2) is 46.9 Å². The van der Waals surface area contributed by atoms with Gasteiger partial charge in [0.1, 0.15) is 10.8 Å². The number of aryl methyl sites for hydroxylation is 1. The molecule has 13 heteroatoms. The van der Waals surface area contributed by atoms with E-state index in [0.717, 1.165) is 41.1 Å². The van der Waals surface area contributed by atoms with Gasteiger partial charge in [-0.15, -0.1) is 32.9 Å². The number of thioether (sulfide) groups is 1. The number of anilines is 1. The van der Waals surface area contributed by atoms with Crippen LogP contribution in [0.2, 0.25) is 0 Å². The Labute approximate surface area is 255 Å². The molecule has 1 atom stereocenters. The molecular formula is C29H31N5O5S3. The minimum Gasteiger partial charge on any atom is -0.494 e. The largest absolute Gasteiger partial charge is 0.494 e. The number of hydrogen-bond donors (Lipinski definition) is 2. The van der Waals surface area contributed by atoms with Crippen molar-refractivity contribution in [1.82, 2.24) is 20.1 Å². The molecule has 3 aromatic heterocycles. The van der Waals surface area contributed by atoms with Gasteiger partial charge in [0, 0.05) is 10.6 Å². The first-order chi connectivity index (χ1) is 20.4. The number of ether oxygens (including phenoxy) is 2. The summed E-state index contributed by atoms with van der Waals surface area (Å²) in [5.74, 6) is 0.368. The smallest absolute Gasteiger partial charge is 0.341 e. The summed E-state index contributed by atoms with van der Waals surface area (Å²) in [6.07, 6.45) is 2.69. The third-order valence-corrected chi connectivity index (χ3v) is 9.67. The first-order valence-corrected chi connectivity index (χ1v) is 16.3. The van der Waals surface area contributed by atoms with E-state index in [1.165, 1.54) is 34.4 Å². The van der Waals surface area contributed by atoms with Crippen molar-refractivity contribution in [1.29, 1.82) is 0 Å². The van der Waals surface area contributed by atoms with E-state index in [0.29, 0.717) is 33.0 Å². The number of fused-ring (bicyclic) bond motifs is 1. The van der Waals surface area contributed by atoms with Crippen molar-refractivity contribution in [3.8, 4) is 11.4 Å². The molecule has 3 heterocycles. The lowest BCUT2D eigenvalue weighted by Crippen LogP contribution is -2.25. The molecule has 1 aromatic carbocycles. The maximum atomic E-state index is 13.4. The van der Waals surface area contributed by atoms with Crippen molar-refractivity contribution < 1.29 is 23.9 Å². The fraction of sp³-hybridized carbons (Fsp3) is 0.345. The molecule has 10 nitrogen and oxygen atoms in total. The molecule has 4 aromatic rings. The molecule has 0 fully saturated rings. The van der Waals surface area contributed by atoms with Crippen molar-refractivity contribution in [3.05, 3.63) is 68.5 Å². The highest BCUT2D eigenvalue weighted by atomic mass is 32.2. The molecule has 1 unspecified atom stereocenters. The van der Waals surface area contributed by atoms with Gasteiger partial charge in [0.15, 0.2) is 11.0 Å². The average molecular weight is 626 g/mol. The summed E-state index contributed by atoms with van der Waals surface area (Å²) in [5.41, 5.74) is 2.22. The van der Waals surface area contributed by atoms with E-state index < -0.39 is 11.2 Å². The zero-order valence-electron chi connectivity index (χ0n) is 23.5. The minimum atomic E-state index is -0.573. The van der Waals surface area contributed by atoms with Crippen LogP contribution in [0.3, 0.4) is 0 Å². The zero-order valence-corrected chi connectivity index (χ0v) is 25.9. The van der Waals surface area contributed by atoms with Crippen molar-refractivity contribution in [2.75, 3.05) is 18.5 Å². The van der Waals surface area contributed by atoms with Crippen LogP contribution in [0.4, 0.5) is 5.00 Å². The van der Waals surface area contributed by atoms with Crippen molar-refractivity contribution in [2.45, 2.75) is 57.0 Å². The van der Waals surface area contributed by atoms with E-state index in [1.54, 1.807) is 19.9 Å². The van der Waals surface area contributed by atoms with Crippen LogP contribution in [0.1, 0.15) is 63.5 Å². The van der Waals surface area contributed by atoms with Gasteiger partial charge in [0.2, 0.25) is 5.91 Å². The summed E-state index contributed by atoms with van der Waals surface area (Å²) >= 11 is 4.04. The lowest BCUT2D eigenvalue weighted by atomic mass is 10.1. The van der Waals surface area contributed by atoms with E-state index in [2.05, 4.69) is 20.8 Å². The van der Waals surface area contributed by atoms with Gasteiger partial charge in [-0.1, -0.05) is 17.8 Å².